The maximum absolute atomic E-state index is 11.7. The summed E-state index contributed by atoms with van der Waals surface area (Å²) in [6.07, 6.45) is 2.93. The Morgan fingerprint density at radius 3 is 2.76 bits per heavy atom. The maximum atomic E-state index is 11.7. The first-order chi connectivity index (χ1) is 10.1. The van der Waals surface area contributed by atoms with Crippen molar-refractivity contribution in [1.82, 2.24) is 15.6 Å². The SMILES string of the molecule is CC(NC(=O)NCc1cccnc1)Oc1ccc(Cl)cc1. The first kappa shape index (κ1) is 15.1. The number of nitrogens with zero attached hydrogens (tertiary/aromatic N) is 1. The van der Waals surface area contributed by atoms with Crippen LogP contribution in [0.5, 0.6) is 5.75 Å². The quantitative estimate of drug-likeness (QED) is 0.835. The number of benzene rings is 1. The second-order valence-electron chi connectivity index (χ2n) is 4.40. The van der Waals surface area contributed by atoms with E-state index in [-0.39, 0.29) is 6.03 Å². The number of rotatable bonds is 5. The zero-order chi connectivity index (χ0) is 15.1. The van der Waals surface area contributed by atoms with Crippen molar-refractivity contribution >= 4 is 17.6 Å². The molecule has 21 heavy (non-hydrogen) atoms. The highest BCUT2D eigenvalue weighted by atomic mass is 35.5. The molecule has 0 aliphatic rings. The highest BCUT2D eigenvalue weighted by Crippen LogP contribution is 2.16. The smallest absolute Gasteiger partial charge is 0.317 e. The Morgan fingerprint density at radius 1 is 1.33 bits per heavy atom. The van der Waals surface area contributed by atoms with E-state index in [2.05, 4.69) is 15.6 Å². The van der Waals surface area contributed by atoms with Crippen LogP contribution in [0.4, 0.5) is 4.79 Å². The maximum Gasteiger partial charge on any atom is 0.317 e. The van der Waals surface area contributed by atoms with E-state index in [9.17, 15) is 4.79 Å². The summed E-state index contributed by atoms with van der Waals surface area (Å²) in [6, 6.07) is 10.3. The van der Waals surface area contributed by atoms with Crippen LogP contribution in [-0.4, -0.2) is 17.2 Å². The molecule has 5 nitrogen and oxygen atoms in total. The molecule has 0 bridgehead atoms. The van der Waals surface area contributed by atoms with Crippen LogP contribution in [0.2, 0.25) is 5.02 Å². The normalized spacial score (nSPS) is 11.5. The minimum Gasteiger partial charge on any atom is -0.471 e. The Labute approximate surface area is 128 Å². The minimum atomic E-state index is -0.458. The molecule has 0 aliphatic heterocycles. The number of nitrogens with one attached hydrogen (secondary N) is 2. The predicted molar refractivity (Wildman–Crippen MR) is 81.2 cm³/mol. The van der Waals surface area contributed by atoms with Crippen molar-refractivity contribution in [3.8, 4) is 5.75 Å². The molecule has 0 spiro atoms. The summed E-state index contributed by atoms with van der Waals surface area (Å²) in [7, 11) is 0. The van der Waals surface area contributed by atoms with Crippen molar-refractivity contribution in [2.75, 3.05) is 0 Å². The summed E-state index contributed by atoms with van der Waals surface area (Å²) in [5, 5.41) is 6.06. The fourth-order valence-corrected chi connectivity index (χ4v) is 1.79. The number of urea groups is 1. The Balaban J connectivity index is 1.75. The average molecular weight is 306 g/mol. The summed E-state index contributed by atoms with van der Waals surface area (Å²) in [5.41, 5.74) is 0.930. The summed E-state index contributed by atoms with van der Waals surface area (Å²) >= 11 is 5.79. The molecule has 2 N–H and O–H groups in total. The molecule has 1 atom stereocenters. The van der Waals surface area contributed by atoms with Gasteiger partial charge in [-0.1, -0.05) is 17.7 Å². The number of aromatic nitrogens is 1. The van der Waals surface area contributed by atoms with Gasteiger partial charge >= 0.3 is 6.03 Å². The molecule has 0 saturated carbocycles. The van der Waals surface area contributed by atoms with Gasteiger partial charge in [0.1, 0.15) is 5.75 Å². The van der Waals surface area contributed by atoms with Gasteiger partial charge in [-0.3, -0.25) is 4.98 Å². The Morgan fingerprint density at radius 2 is 2.10 bits per heavy atom. The van der Waals surface area contributed by atoms with Crippen molar-refractivity contribution in [2.24, 2.45) is 0 Å². The van der Waals surface area contributed by atoms with Crippen molar-refractivity contribution in [2.45, 2.75) is 19.7 Å². The van der Waals surface area contributed by atoms with Crippen LogP contribution in [0, 0.1) is 0 Å². The van der Waals surface area contributed by atoms with Gasteiger partial charge in [-0.15, -0.1) is 0 Å². The molecule has 0 radical (unpaired) electrons. The lowest BCUT2D eigenvalue weighted by Crippen LogP contribution is -2.43. The molecular formula is C15H16ClN3O2. The van der Waals surface area contributed by atoms with Crippen molar-refractivity contribution in [1.29, 1.82) is 0 Å². The van der Waals surface area contributed by atoms with Gasteiger partial charge in [0.2, 0.25) is 0 Å². The molecule has 1 heterocycles. The molecule has 2 aromatic rings. The third-order valence-electron chi connectivity index (χ3n) is 2.64. The Bertz CT molecular complexity index is 575. The fourth-order valence-electron chi connectivity index (χ4n) is 1.67. The van der Waals surface area contributed by atoms with Gasteiger partial charge in [-0.2, -0.15) is 0 Å². The van der Waals surface area contributed by atoms with E-state index >= 15 is 0 Å². The second kappa shape index (κ2) is 7.50. The van der Waals surface area contributed by atoms with Gasteiger partial charge in [0.15, 0.2) is 6.23 Å². The molecule has 0 saturated heterocycles. The highest BCUT2D eigenvalue weighted by molar-refractivity contribution is 6.30. The van der Waals surface area contributed by atoms with E-state index in [4.69, 9.17) is 16.3 Å². The number of amides is 2. The van der Waals surface area contributed by atoms with E-state index in [1.165, 1.54) is 0 Å². The zero-order valence-electron chi connectivity index (χ0n) is 11.5. The molecule has 6 heteroatoms. The Hall–Kier alpha value is -2.27. The van der Waals surface area contributed by atoms with Gasteiger partial charge in [-0.25, -0.2) is 4.79 Å². The third-order valence-corrected chi connectivity index (χ3v) is 2.89. The largest absolute Gasteiger partial charge is 0.471 e. The van der Waals surface area contributed by atoms with Crippen LogP contribution in [-0.2, 0) is 6.54 Å². The highest BCUT2D eigenvalue weighted by Gasteiger charge is 2.08. The van der Waals surface area contributed by atoms with E-state index in [0.717, 1.165) is 5.56 Å². The fraction of sp³-hybridized carbons (Fsp3) is 0.200. The molecule has 0 aliphatic carbocycles. The summed E-state index contributed by atoms with van der Waals surface area (Å²) < 4.78 is 5.55. The van der Waals surface area contributed by atoms with Crippen molar-refractivity contribution in [3.63, 3.8) is 0 Å². The van der Waals surface area contributed by atoms with Crippen LogP contribution in [0.1, 0.15) is 12.5 Å². The van der Waals surface area contributed by atoms with Crippen LogP contribution in [0.25, 0.3) is 0 Å². The monoisotopic (exact) mass is 305 g/mol. The van der Waals surface area contributed by atoms with E-state index in [1.807, 2.05) is 12.1 Å². The number of pyridine rings is 1. The molecule has 1 aromatic heterocycles. The van der Waals surface area contributed by atoms with Crippen LogP contribution in [0.3, 0.4) is 0 Å². The van der Waals surface area contributed by atoms with Crippen molar-refractivity contribution in [3.05, 3.63) is 59.4 Å². The molecule has 1 aromatic carbocycles. The molecule has 1 unspecified atom stereocenters. The standard InChI is InChI=1S/C15H16ClN3O2/c1-11(21-14-6-4-13(16)5-7-14)19-15(20)18-10-12-3-2-8-17-9-12/h2-9,11H,10H2,1H3,(H2,18,19,20). The topological polar surface area (TPSA) is 63.2 Å². The molecule has 110 valence electrons. The van der Waals surface area contributed by atoms with E-state index in [0.29, 0.717) is 17.3 Å². The summed E-state index contributed by atoms with van der Waals surface area (Å²) in [6.45, 7) is 2.16. The Kier molecular flexibility index (Phi) is 5.40. The number of carbonyl (C=O) groups is 1. The lowest BCUT2D eigenvalue weighted by Gasteiger charge is -2.16. The first-order valence-corrected chi connectivity index (χ1v) is 6.87. The minimum absolute atomic E-state index is 0.305. The zero-order valence-corrected chi connectivity index (χ0v) is 12.3. The number of carbonyl (C=O) groups excluding carboxylic acids is 1. The summed E-state index contributed by atoms with van der Waals surface area (Å²) in [5.74, 6) is 0.638. The van der Waals surface area contributed by atoms with Gasteiger partial charge in [0, 0.05) is 24.0 Å². The number of hydrogen-bond acceptors (Lipinski definition) is 3. The lowest BCUT2D eigenvalue weighted by atomic mass is 10.3. The predicted octanol–water partition coefficient (Wildman–Crippen LogP) is 2.96. The van der Waals surface area contributed by atoms with Crippen LogP contribution in [0.15, 0.2) is 48.8 Å². The molecular weight excluding hydrogens is 290 g/mol. The van der Waals surface area contributed by atoms with E-state index in [1.54, 1.807) is 43.6 Å². The van der Waals surface area contributed by atoms with Crippen LogP contribution >= 0.6 is 11.6 Å². The molecule has 2 amide bonds. The van der Waals surface area contributed by atoms with Gasteiger partial charge in [0.05, 0.1) is 0 Å². The summed E-state index contributed by atoms with van der Waals surface area (Å²) in [4.78, 5) is 15.7. The molecule has 2 rings (SSSR count). The lowest BCUT2D eigenvalue weighted by molar-refractivity contribution is 0.177. The van der Waals surface area contributed by atoms with Gasteiger partial charge in [-0.05, 0) is 42.8 Å². The van der Waals surface area contributed by atoms with Crippen LogP contribution < -0.4 is 15.4 Å². The molecule has 0 fully saturated rings. The number of halogens is 1. The van der Waals surface area contributed by atoms with Gasteiger partial charge < -0.3 is 15.4 Å². The first-order valence-electron chi connectivity index (χ1n) is 6.49. The van der Waals surface area contributed by atoms with E-state index < -0.39 is 6.23 Å². The second-order valence-corrected chi connectivity index (χ2v) is 4.84. The van der Waals surface area contributed by atoms with Gasteiger partial charge in [0.25, 0.3) is 0 Å². The van der Waals surface area contributed by atoms with Crippen molar-refractivity contribution < 1.29 is 9.53 Å². The third kappa shape index (κ3) is 5.31. The average Bonchev–Trinajstić information content (AvgIpc) is 2.48. The number of ether oxygens (including phenoxy) is 1. The number of hydrogen-bond donors (Lipinski definition) is 2.